The van der Waals surface area contributed by atoms with E-state index in [1.807, 2.05) is 0 Å². The molecule has 6 atom stereocenters. The van der Waals surface area contributed by atoms with Crippen LogP contribution < -0.4 is 31.9 Å². The van der Waals surface area contributed by atoms with Crippen molar-refractivity contribution in [3.05, 3.63) is 41.2 Å². The Morgan fingerprint density at radius 2 is 1.56 bits per heavy atom. The predicted molar refractivity (Wildman–Crippen MR) is 263 cm³/mol. The Bertz CT molecular complexity index is 2380. The second kappa shape index (κ2) is 27.7. The number of anilines is 1. The van der Waals surface area contributed by atoms with Gasteiger partial charge in [0.05, 0.1) is 93.4 Å². The summed E-state index contributed by atoms with van der Waals surface area (Å²) in [7, 11) is 0. The lowest BCUT2D eigenvalue weighted by Gasteiger charge is -2.32. The topological polar surface area (TPSA) is 323 Å². The number of hydrogen-bond donors (Lipinski definition) is 6. The quantitative estimate of drug-likeness (QED) is 0.0396. The van der Waals surface area contributed by atoms with Gasteiger partial charge in [0.15, 0.2) is 0 Å². The molecule has 4 aliphatic rings. The van der Waals surface area contributed by atoms with E-state index < -0.39 is 89.2 Å². The number of benzene rings is 1. The number of amides is 9. The second-order valence-electron chi connectivity index (χ2n) is 20.0. The lowest BCUT2D eigenvalue weighted by Crippen LogP contribution is -2.59. The molecule has 0 radical (unpaired) electrons. The zero-order valence-electron chi connectivity index (χ0n) is 43.0. The van der Waals surface area contributed by atoms with Crippen molar-refractivity contribution in [3.63, 3.8) is 0 Å². The van der Waals surface area contributed by atoms with E-state index in [1.165, 1.54) is 22.9 Å². The van der Waals surface area contributed by atoms with Crippen LogP contribution in [0, 0.1) is 11.8 Å². The van der Waals surface area contributed by atoms with Crippen LogP contribution in [-0.4, -0.2) is 162 Å². The van der Waals surface area contributed by atoms with Gasteiger partial charge in [-0.1, -0.05) is 43.4 Å². The van der Waals surface area contributed by atoms with Crippen molar-refractivity contribution in [2.45, 2.75) is 147 Å². The molecule has 2 saturated heterocycles. The van der Waals surface area contributed by atoms with Crippen molar-refractivity contribution in [1.29, 1.82) is 0 Å². The first-order chi connectivity index (χ1) is 35.9. The van der Waals surface area contributed by atoms with Gasteiger partial charge < -0.3 is 55.1 Å². The van der Waals surface area contributed by atoms with Crippen LogP contribution in [0.1, 0.15) is 125 Å². The van der Waals surface area contributed by atoms with E-state index in [0.717, 1.165) is 37.0 Å². The van der Waals surface area contributed by atoms with Crippen molar-refractivity contribution in [2.24, 2.45) is 11.8 Å². The van der Waals surface area contributed by atoms with E-state index in [2.05, 4.69) is 42.2 Å². The molecule has 2 aromatic rings. The predicted octanol–water partition coefficient (Wildman–Crippen LogP) is 1.22. The average molecular weight is 1050 g/mol. The number of piperidine rings is 1. The molecule has 410 valence electrons. The number of hydrogen-bond acceptors (Lipinski definition) is 17. The summed E-state index contributed by atoms with van der Waals surface area (Å²) >= 11 is 0. The maximum absolute atomic E-state index is 14.1. The number of carbonyl (C=O) groups is 10. The monoisotopic (exact) mass is 1050 g/mol. The Kier molecular flexibility index (Phi) is 21.3. The Labute approximate surface area is 434 Å². The Hall–Kier alpha value is -6.70. The largest absolute Gasteiger partial charge is 0.443 e. The highest BCUT2D eigenvalue weighted by molar-refractivity contribution is 6.26. The number of imide groups is 2. The van der Waals surface area contributed by atoms with Gasteiger partial charge in [-0.2, -0.15) is 0 Å². The van der Waals surface area contributed by atoms with Crippen molar-refractivity contribution in [3.8, 4) is 0 Å². The molecule has 4 heterocycles. The van der Waals surface area contributed by atoms with Crippen LogP contribution in [-0.2, 0) is 70.4 Å². The smallest absolute Gasteiger partial charge is 0.408 e. The molecule has 1 unspecified atom stereocenters. The minimum atomic E-state index is -1.29. The van der Waals surface area contributed by atoms with Crippen LogP contribution in [0.3, 0.4) is 0 Å². The minimum Gasteiger partial charge on any atom is -0.443 e. The molecule has 0 spiro atoms. The summed E-state index contributed by atoms with van der Waals surface area (Å²) in [6.45, 7) is 8.81. The summed E-state index contributed by atoms with van der Waals surface area (Å²) in [6, 6.07) is 0.0602. The zero-order valence-corrected chi connectivity index (χ0v) is 43.0. The van der Waals surface area contributed by atoms with Crippen LogP contribution in [0.5, 0.6) is 0 Å². The maximum atomic E-state index is 14.1. The molecule has 75 heavy (non-hydrogen) atoms. The number of alkyl carbamates (subject to hydrolysis) is 1. The molecular weight excluding hydrogens is 981 g/mol. The Balaban J connectivity index is 0.869. The van der Waals surface area contributed by atoms with E-state index in [1.54, 1.807) is 33.9 Å². The number of aldehydes is 1. The molecule has 25 heteroatoms. The molecule has 3 fully saturated rings. The fraction of sp³-hybridized carbons (Fsp3) is 0.640. The van der Waals surface area contributed by atoms with Crippen molar-refractivity contribution in [1.82, 2.24) is 46.5 Å². The Morgan fingerprint density at radius 1 is 0.840 bits per heavy atom. The number of nitrogens with zero attached hydrogens (tertiary/aromatic N) is 4. The van der Waals surface area contributed by atoms with Gasteiger partial charge in [0.1, 0.15) is 36.7 Å². The number of aromatic nitrogens is 3. The van der Waals surface area contributed by atoms with Crippen LogP contribution in [0.15, 0.2) is 24.4 Å². The highest BCUT2D eigenvalue weighted by atomic mass is 16.6. The molecule has 1 aromatic carbocycles. The van der Waals surface area contributed by atoms with E-state index in [9.17, 15) is 47.9 Å². The van der Waals surface area contributed by atoms with Gasteiger partial charge in [-0.3, -0.25) is 48.6 Å². The molecule has 6 rings (SSSR count). The lowest BCUT2D eigenvalue weighted by atomic mass is 9.84. The van der Waals surface area contributed by atoms with Crippen LogP contribution >= 0.6 is 0 Å². The third kappa shape index (κ3) is 17.2. The average Bonchev–Trinajstić information content (AvgIpc) is 4.07. The van der Waals surface area contributed by atoms with Crippen LogP contribution in [0.4, 0.5) is 10.5 Å². The summed E-state index contributed by atoms with van der Waals surface area (Å²) in [4.78, 5) is 129. The van der Waals surface area contributed by atoms with Crippen LogP contribution in [0.25, 0.3) is 0 Å². The molecule has 1 saturated carbocycles. The van der Waals surface area contributed by atoms with Gasteiger partial charge >= 0.3 is 6.09 Å². The standard InChI is InChI=1S/C50H70N10O15/c1-30(75-50(2,3)4)42(46(67)54-37(25-31-9-6-5-7-10-31)44(65)52-33(28-61)26-32-15-17-51-43(32)64)56-49(70)74-29-34-27-59(58-57-34)18-20-72-22-24-73-23-21-71-19-16-40(63)53-36-12-8-11-35-41(36)48(69)60(47(35)68)38-13-14-39(62)55-45(38)66/h8,11-12,27-28,30-33,37-38,42H,5-7,9-10,13-26,29H2,1-4H3,(H,51,64)(H,52,65)(H,53,63)(H,54,67)(H,56,70)(H,55,62,66)/t30-,32+,33+,37+,38?,42+/m1/s1. The van der Waals surface area contributed by atoms with Gasteiger partial charge in [-0.15, -0.1) is 5.10 Å². The minimum absolute atomic E-state index is 0.0114. The van der Waals surface area contributed by atoms with Crippen molar-refractivity contribution >= 4 is 65.3 Å². The molecule has 1 aliphatic carbocycles. The molecule has 3 aliphatic heterocycles. The zero-order chi connectivity index (χ0) is 54.1. The molecule has 0 bridgehead atoms. The number of ether oxygens (including phenoxy) is 5. The third-order valence-corrected chi connectivity index (χ3v) is 13.0. The van der Waals surface area contributed by atoms with Crippen molar-refractivity contribution in [2.75, 3.05) is 51.5 Å². The highest BCUT2D eigenvalue weighted by Crippen LogP contribution is 2.33. The molecular formula is C50H70N10O15. The van der Waals surface area contributed by atoms with Crippen LogP contribution in [0.2, 0.25) is 0 Å². The summed E-state index contributed by atoms with van der Waals surface area (Å²) < 4.78 is 29.7. The number of rotatable bonds is 28. The van der Waals surface area contributed by atoms with Gasteiger partial charge in [-0.25, -0.2) is 9.48 Å². The number of carbonyl (C=O) groups excluding carboxylic acids is 10. The highest BCUT2D eigenvalue weighted by Gasteiger charge is 2.46. The van der Waals surface area contributed by atoms with E-state index >= 15 is 0 Å². The van der Waals surface area contributed by atoms with Gasteiger partial charge in [0, 0.05) is 18.9 Å². The number of nitrogens with one attached hydrogen (secondary N) is 6. The summed E-state index contributed by atoms with van der Waals surface area (Å²) in [5, 5.41) is 23.8. The normalized spacial score (nSPS) is 19.6. The molecule has 9 amide bonds. The Morgan fingerprint density at radius 3 is 2.24 bits per heavy atom. The molecule has 1 aromatic heterocycles. The molecule has 6 N–H and O–H groups in total. The summed E-state index contributed by atoms with van der Waals surface area (Å²) in [6.07, 6.45) is 6.17. The van der Waals surface area contributed by atoms with Gasteiger partial charge in [-0.05, 0) is 71.4 Å². The maximum Gasteiger partial charge on any atom is 0.408 e. The lowest BCUT2D eigenvalue weighted by molar-refractivity contribution is -0.136. The SMILES string of the molecule is C[C@@H](OC(C)(C)C)[C@H](NC(=O)OCc1cn(CCOCCOCCOCCC(=O)Nc2cccc3c2C(=O)N(C2CCC(=O)NC2=O)C3=O)nn1)C(=O)N[C@@H](CC1CCCCC1)C(=O)N[C@H](C=O)C[C@@H]1CCNC1=O. The fourth-order valence-corrected chi connectivity index (χ4v) is 9.40. The fourth-order valence-electron chi connectivity index (χ4n) is 9.40. The molecule has 25 nitrogen and oxygen atoms in total. The number of fused-ring (bicyclic) bond motifs is 1. The first-order valence-electron chi connectivity index (χ1n) is 25.6. The summed E-state index contributed by atoms with van der Waals surface area (Å²) in [5.41, 5.74) is -0.235. The first-order valence-corrected chi connectivity index (χ1v) is 25.6. The first kappa shape index (κ1) is 57.6. The third-order valence-electron chi connectivity index (χ3n) is 13.0. The van der Waals surface area contributed by atoms with E-state index in [0.29, 0.717) is 37.9 Å². The van der Waals surface area contributed by atoms with Gasteiger partial charge in [0.25, 0.3) is 11.8 Å². The van der Waals surface area contributed by atoms with E-state index in [4.69, 9.17) is 23.7 Å². The summed E-state index contributed by atoms with van der Waals surface area (Å²) in [5.74, 6) is -4.74. The van der Waals surface area contributed by atoms with E-state index in [-0.39, 0.29) is 101 Å². The van der Waals surface area contributed by atoms with Crippen molar-refractivity contribution < 1.29 is 71.6 Å². The van der Waals surface area contributed by atoms with Gasteiger partial charge in [0.2, 0.25) is 35.4 Å². The second-order valence-corrected chi connectivity index (χ2v) is 20.0.